The molecule has 3 N–H and O–H groups in total. The van der Waals surface area contributed by atoms with E-state index in [1.165, 1.54) is 12.1 Å². The van der Waals surface area contributed by atoms with Crippen LogP contribution in [0.25, 0.3) is 0 Å². The molecule has 0 aliphatic rings. The van der Waals surface area contributed by atoms with Crippen LogP contribution in [-0.2, 0) is 6.54 Å². The third-order valence-corrected chi connectivity index (χ3v) is 3.62. The maximum atomic E-state index is 10.8. The van der Waals surface area contributed by atoms with Gasteiger partial charge in [-0.1, -0.05) is 23.7 Å². The second kappa shape index (κ2) is 9.83. The highest BCUT2D eigenvalue weighted by atomic mass is 35.5. The molecule has 0 heterocycles. The highest BCUT2D eigenvalue weighted by Crippen LogP contribution is 2.26. The van der Waals surface area contributed by atoms with E-state index in [2.05, 4.69) is 10.6 Å². The van der Waals surface area contributed by atoms with E-state index in [9.17, 15) is 14.9 Å². The number of anilines is 1. The molecule has 0 unspecified atom stereocenters. The van der Waals surface area contributed by atoms with Crippen molar-refractivity contribution in [3.05, 3.63) is 68.7 Å². The number of carbonyl (C=O) groups is 1. The molecule has 0 saturated heterocycles. The first-order valence-corrected chi connectivity index (χ1v) is 7.56. The maximum Gasteiger partial charge on any atom is 0.335 e. The number of carboxylic acids is 1. The Morgan fingerprint density at radius 3 is 2.40 bits per heavy atom. The zero-order valence-electron chi connectivity index (χ0n) is 13.1. The molecular weight excluding hydrogens is 369 g/mol. The Balaban J connectivity index is 0.00000312. The number of halogens is 2. The van der Waals surface area contributed by atoms with E-state index in [1.807, 2.05) is 0 Å². The number of rotatable bonds is 8. The van der Waals surface area contributed by atoms with Gasteiger partial charge >= 0.3 is 5.97 Å². The minimum absolute atomic E-state index is 0. The van der Waals surface area contributed by atoms with Gasteiger partial charge in [0, 0.05) is 31.8 Å². The van der Waals surface area contributed by atoms with Crippen molar-refractivity contribution in [3.8, 4) is 0 Å². The summed E-state index contributed by atoms with van der Waals surface area (Å²) < 4.78 is 0. The summed E-state index contributed by atoms with van der Waals surface area (Å²) in [4.78, 5) is 20.9. The van der Waals surface area contributed by atoms with Crippen LogP contribution in [0.2, 0.25) is 5.02 Å². The predicted molar refractivity (Wildman–Crippen MR) is 99.0 cm³/mol. The molecule has 0 bridgehead atoms. The molecule has 7 nitrogen and oxygen atoms in total. The minimum atomic E-state index is -0.946. The number of nitro benzene ring substituents is 1. The number of non-ortho nitro benzene ring substituents is 1. The molecule has 0 saturated carbocycles. The molecule has 9 heteroatoms. The highest BCUT2D eigenvalue weighted by molar-refractivity contribution is 6.33. The number of nitro groups is 1. The lowest BCUT2D eigenvalue weighted by Gasteiger charge is -2.09. The fourth-order valence-electron chi connectivity index (χ4n) is 2.04. The average Bonchev–Trinajstić information content (AvgIpc) is 2.56. The van der Waals surface area contributed by atoms with Gasteiger partial charge in [0.15, 0.2) is 0 Å². The lowest BCUT2D eigenvalue weighted by atomic mass is 10.1. The van der Waals surface area contributed by atoms with Crippen molar-refractivity contribution in [3.63, 3.8) is 0 Å². The maximum absolute atomic E-state index is 10.8. The topological polar surface area (TPSA) is 104 Å². The van der Waals surface area contributed by atoms with Gasteiger partial charge in [0.25, 0.3) is 5.69 Å². The molecule has 0 spiro atoms. The summed E-state index contributed by atoms with van der Waals surface area (Å²) in [6.45, 7) is 1.84. The van der Waals surface area contributed by atoms with Crippen molar-refractivity contribution in [1.82, 2.24) is 5.32 Å². The van der Waals surface area contributed by atoms with E-state index in [0.717, 1.165) is 5.56 Å². The molecule has 0 aliphatic carbocycles. The van der Waals surface area contributed by atoms with Crippen LogP contribution in [0.5, 0.6) is 0 Å². The lowest BCUT2D eigenvalue weighted by molar-refractivity contribution is -0.384. The predicted octanol–water partition coefficient (Wildman–Crippen LogP) is 3.57. The SMILES string of the molecule is Cl.O=C(O)c1ccc(CNCCNc2ccc([N+](=O)[O-])cc2Cl)cc1. The Morgan fingerprint density at radius 2 is 1.84 bits per heavy atom. The molecule has 2 aromatic carbocycles. The quantitative estimate of drug-likeness (QED) is 0.364. The summed E-state index contributed by atoms with van der Waals surface area (Å²) in [5.74, 6) is -0.946. The van der Waals surface area contributed by atoms with Crippen LogP contribution in [0.1, 0.15) is 15.9 Å². The molecule has 0 atom stereocenters. The van der Waals surface area contributed by atoms with Crippen LogP contribution in [0, 0.1) is 10.1 Å². The fourth-order valence-corrected chi connectivity index (χ4v) is 2.29. The van der Waals surface area contributed by atoms with Crippen LogP contribution in [0.3, 0.4) is 0 Å². The molecule has 2 rings (SSSR count). The van der Waals surface area contributed by atoms with Crippen LogP contribution in [0.15, 0.2) is 42.5 Å². The van der Waals surface area contributed by atoms with Gasteiger partial charge in [0.1, 0.15) is 0 Å². The second-order valence-corrected chi connectivity index (χ2v) is 5.43. The zero-order chi connectivity index (χ0) is 17.5. The van der Waals surface area contributed by atoms with Crippen molar-refractivity contribution in [1.29, 1.82) is 0 Å². The van der Waals surface area contributed by atoms with Gasteiger partial charge in [0.05, 0.1) is 21.2 Å². The highest BCUT2D eigenvalue weighted by Gasteiger charge is 2.08. The Kier molecular flexibility index (Phi) is 8.13. The molecule has 2 aromatic rings. The van der Waals surface area contributed by atoms with E-state index in [4.69, 9.17) is 16.7 Å². The molecule has 25 heavy (non-hydrogen) atoms. The first-order valence-electron chi connectivity index (χ1n) is 7.18. The molecule has 0 aliphatic heterocycles. The smallest absolute Gasteiger partial charge is 0.335 e. The number of aromatic carboxylic acids is 1. The van der Waals surface area contributed by atoms with Gasteiger partial charge in [-0.25, -0.2) is 4.79 Å². The molecule has 134 valence electrons. The van der Waals surface area contributed by atoms with Gasteiger partial charge in [-0.05, 0) is 23.8 Å². The van der Waals surface area contributed by atoms with E-state index in [0.29, 0.717) is 30.3 Å². The van der Waals surface area contributed by atoms with Gasteiger partial charge in [-0.2, -0.15) is 0 Å². The molecule has 0 aromatic heterocycles. The van der Waals surface area contributed by atoms with E-state index in [1.54, 1.807) is 30.3 Å². The normalized spacial score (nSPS) is 9.96. The molecule has 0 fully saturated rings. The van der Waals surface area contributed by atoms with E-state index < -0.39 is 10.9 Å². The number of nitrogens with one attached hydrogen (secondary N) is 2. The Hall–Kier alpha value is -2.35. The largest absolute Gasteiger partial charge is 0.478 e. The molecular formula is C16H17Cl2N3O4. The van der Waals surface area contributed by atoms with Gasteiger partial charge in [-0.15, -0.1) is 12.4 Å². The number of benzene rings is 2. The average molecular weight is 386 g/mol. The van der Waals surface area contributed by atoms with Crippen LogP contribution in [0.4, 0.5) is 11.4 Å². The Morgan fingerprint density at radius 1 is 1.16 bits per heavy atom. The third kappa shape index (κ3) is 6.22. The monoisotopic (exact) mass is 385 g/mol. The van der Waals surface area contributed by atoms with Crippen LogP contribution >= 0.6 is 24.0 Å². The summed E-state index contributed by atoms with van der Waals surface area (Å²) in [6, 6.07) is 10.9. The van der Waals surface area contributed by atoms with E-state index in [-0.39, 0.29) is 23.7 Å². The molecule has 0 radical (unpaired) electrons. The molecule has 0 amide bonds. The Bertz CT molecular complexity index is 739. The zero-order valence-corrected chi connectivity index (χ0v) is 14.6. The summed E-state index contributed by atoms with van der Waals surface area (Å²) in [5.41, 5.74) is 1.82. The van der Waals surface area contributed by atoms with Gasteiger partial charge < -0.3 is 15.7 Å². The van der Waals surface area contributed by atoms with Crippen molar-refractivity contribution in [2.75, 3.05) is 18.4 Å². The van der Waals surface area contributed by atoms with Crippen molar-refractivity contribution < 1.29 is 14.8 Å². The van der Waals surface area contributed by atoms with Crippen LogP contribution < -0.4 is 10.6 Å². The lowest BCUT2D eigenvalue weighted by Crippen LogP contribution is -2.21. The number of nitrogens with zero attached hydrogens (tertiary/aromatic N) is 1. The summed E-state index contributed by atoms with van der Waals surface area (Å²) in [5, 5.41) is 26.1. The number of hydrogen-bond donors (Lipinski definition) is 3. The van der Waals surface area contributed by atoms with Crippen molar-refractivity contribution >= 4 is 41.4 Å². The first kappa shape index (κ1) is 20.7. The summed E-state index contributed by atoms with van der Waals surface area (Å²) in [6.07, 6.45) is 0. The number of carboxylic acid groups (broad SMARTS) is 1. The minimum Gasteiger partial charge on any atom is -0.478 e. The van der Waals surface area contributed by atoms with Gasteiger partial charge in [0.2, 0.25) is 0 Å². The first-order chi connectivity index (χ1) is 11.5. The fraction of sp³-hybridized carbons (Fsp3) is 0.188. The number of hydrogen-bond acceptors (Lipinski definition) is 5. The van der Waals surface area contributed by atoms with Gasteiger partial charge in [-0.3, -0.25) is 10.1 Å². The van der Waals surface area contributed by atoms with E-state index >= 15 is 0 Å². The summed E-state index contributed by atoms with van der Waals surface area (Å²) in [7, 11) is 0. The summed E-state index contributed by atoms with van der Waals surface area (Å²) >= 11 is 5.99. The standard InChI is InChI=1S/C16H16ClN3O4.ClH/c17-14-9-13(20(23)24)5-6-15(14)19-8-7-18-10-11-1-3-12(4-2-11)16(21)22;/h1-6,9,18-19H,7-8,10H2,(H,21,22);1H. The van der Waals surface area contributed by atoms with Crippen molar-refractivity contribution in [2.24, 2.45) is 0 Å². The van der Waals surface area contributed by atoms with Crippen LogP contribution in [-0.4, -0.2) is 29.1 Å². The third-order valence-electron chi connectivity index (χ3n) is 3.31. The van der Waals surface area contributed by atoms with Crippen molar-refractivity contribution in [2.45, 2.75) is 6.54 Å². The Labute approximate surface area is 155 Å². The second-order valence-electron chi connectivity index (χ2n) is 5.03.